The number of phenolic OH excluding ortho intramolecular Hbond substituents is 1. The third-order valence-corrected chi connectivity index (χ3v) is 3.73. The summed E-state index contributed by atoms with van der Waals surface area (Å²) in [5, 5.41) is 23.8. The molecule has 0 bridgehead atoms. The van der Waals surface area contributed by atoms with Crippen LogP contribution in [0.15, 0.2) is 36.4 Å². The highest BCUT2D eigenvalue weighted by Gasteiger charge is 2.48. The van der Waals surface area contributed by atoms with Crippen LogP contribution in [-0.4, -0.2) is 16.1 Å². The average molecular weight is 290 g/mol. The van der Waals surface area contributed by atoms with Crippen molar-refractivity contribution >= 4 is 23.2 Å². The van der Waals surface area contributed by atoms with Crippen molar-refractivity contribution in [1.29, 1.82) is 0 Å². The Labute approximate surface area is 120 Å². The lowest BCUT2D eigenvalue weighted by Crippen LogP contribution is -2.35. The van der Waals surface area contributed by atoms with Gasteiger partial charge in [0, 0.05) is 21.8 Å². The zero-order valence-electron chi connectivity index (χ0n) is 10.6. The number of amides is 1. The van der Waals surface area contributed by atoms with Crippen LogP contribution >= 0.6 is 11.6 Å². The van der Waals surface area contributed by atoms with Crippen molar-refractivity contribution in [2.45, 2.75) is 12.5 Å². The predicted octanol–water partition coefficient (Wildman–Crippen LogP) is 2.54. The Morgan fingerprint density at radius 3 is 2.65 bits per heavy atom. The zero-order chi connectivity index (χ0) is 14.5. The summed E-state index contributed by atoms with van der Waals surface area (Å²) in [4.78, 5) is 12.2. The van der Waals surface area contributed by atoms with E-state index in [2.05, 4.69) is 5.32 Å². The number of anilines is 1. The number of fused-ring (bicyclic) bond motifs is 1. The number of carbonyl (C=O) groups excluding carboxylic acids is 1. The molecule has 1 amide bonds. The molecule has 3 rings (SSSR count). The molecule has 1 unspecified atom stereocenters. The SMILES string of the molecule is Cc1ccc2c(c1)C(O)(c1cc(Cl)ccc1O)C(=O)N2. The van der Waals surface area contributed by atoms with Crippen molar-refractivity contribution in [3.63, 3.8) is 0 Å². The van der Waals surface area contributed by atoms with E-state index in [-0.39, 0.29) is 11.3 Å². The molecule has 0 aliphatic carbocycles. The van der Waals surface area contributed by atoms with E-state index in [1.807, 2.05) is 13.0 Å². The zero-order valence-corrected chi connectivity index (χ0v) is 11.4. The third-order valence-electron chi connectivity index (χ3n) is 3.49. The van der Waals surface area contributed by atoms with E-state index in [4.69, 9.17) is 11.6 Å². The van der Waals surface area contributed by atoms with Crippen LogP contribution in [0.1, 0.15) is 16.7 Å². The van der Waals surface area contributed by atoms with Gasteiger partial charge < -0.3 is 15.5 Å². The summed E-state index contributed by atoms with van der Waals surface area (Å²) in [6.45, 7) is 1.86. The van der Waals surface area contributed by atoms with Crippen molar-refractivity contribution in [1.82, 2.24) is 0 Å². The van der Waals surface area contributed by atoms with Gasteiger partial charge in [-0.05, 0) is 31.2 Å². The van der Waals surface area contributed by atoms with Crippen molar-refractivity contribution in [2.75, 3.05) is 5.32 Å². The largest absolute Gasteiger partial charge is 0.508 e. The maximum Gasteiger partial charge on any atom is 0.266 e. The number of carbonyl (C=O) groups is 1. The molecule has 102 valence electrons. The Morgan fingerprint density at radius 1 is 1.15 bits per heavy atom. The van der Waals surface area contributed by atoms with Crippen LogP contribution in [0, 0.1) is 6.92 Å². The molecule has 1 heterocycles. The molecule has 0 spiro atoms. The summed E-state index contributed by atoms with van der Waals surface area (Å²) in [6.07, 6.45) is 0. The van der Waals surface area contributed by atoms with Gasteiger partial charge in [0.15, 0.2) is 5.60 Å². The molecule has 5 heteroatoms. The fourth-order valence-electron chi connectivity index (χ4n) is 2.47. The van der Waals surface area contributed by atoms with Gasteiger partial charge in [-0.1, -0.05) is 29.3 Å². The molecule has 2 aromatic rings. The van der Waals surface area contributed by atoms with Crippen molar-refractivity contribution in [3.8, 4) is 5.75 Å². The van der Waals surface area contributed by atoms with Crippen LogP contribution in [0.5, 0.6) is 5.75 Å². The molecule has 1 aliphatic heterocycles. The topological polar surface area (TPSA) is 69.6 Å². The highest BCUT2D eigenvalue weighted by Crippen LogP contribution is 2.44. The number of hydrogen-bond acceptors (Lipinski definition) is 3. The molecular formula is C15H12ClNO3. The Balaban J connectivity index is 2.29. The van der Waals surface area contributed by atoms with Gasteiger partial charge >= 0.3 is 0 Å². The van der Waals surface area contributed by atoms with Crippen LogP contribution in [0.2, 0.25) is 5.02 Å². The third kappa shape index (κ3) is 1.69. The first-order valence-corrected chi connectivity index (χ1v) is 6.44. The number of benzene rings is 2. The minimum atomic E-state index is -1.93. The first-order chi connectivity index (χ1) is 9.42. The minimum absolute atomic E-state index is 0.0758. The molecule has 0 fully saturated rings. The second-order valence-electron chi connectivity index (χ2n) is 4.88. The van der Waals surface area contributed by atoms with E-state index < -0.39 is 11.5 Å². The summed E-state index contributed by atoms with van der Waals surface area (Å²) < 4.78 is 0. The van der Waals surface area contributed by atoms with Gasteiger partial charge in [-0.25, -0.2) is 0 Å². The van der Waals surface area contributed by atoms with Gasteiger partial charge in [0.1, 0.15) is 5.75 Å². The molecule has 0 saturated heterocycles. The number of aryl methyl sites for hydroxylation is 1. The van der Waals surface area contributed by atoms with Crippen LogP contribution in [0.4, 0.5) is 5.69 Å². The Bertz CT molecular complexity index is 729. The number of aliphatic hydroxyl groups is 1. The maximum absolute atomic E-state index is 12.2. The van der Waals surface area contributed by atoms with E-state index in [9.17, 15) is 15.0 Å². The number of rotatable bonds is 1. The Kier molecular flexibility index (Phi) is 2.74. The van der Waals surface area contributed by atoms with Crippen LogP contribution in [-0.2, 0) is 10.4 Å². The lowest BCUT2D eigenvalue weighted by atomic mass is 9.86. The first kappa shape index (κ1) is 13.0. The molecule has 0 aromatic heterocycles. The number of aromatic hydroxyl groups is 1. The molecule has 0 radical (unpaired) electrons. The monoisotopic (exact) mass is 289 g/mol. The van der Waals surface area contributed by atoms with E-state index in [1.165, 1.54) is 18.2 Å². The van der Waals surface area contributed by atoms with E-state index in [1.54, 1.807) is 12.1 Å². The normalized spacial score (nSPS) is 20.6. The number of phenols is 1. The molecule has 2 aromatic carbocycles. The summed E-state index contributed by atoms with van der Waals surface area (Å²) in [6, 6.07) is 9.52. The highest BCUT2D eigenvalue weighted by atomic mass is 35.5. The van der Waals surface area contributed by atoms with Crippen molar-refractivity contribution in [2.24, 2.45) is 0 Å². The van der Waals surface area contributed by atoms with E-state index in [0.717, 1.165) is 5.56 Å². The molecular weight excluding hydrogens is 278 g/mol. The standard InChI is InChI=1S/C15H12ClNO3/c1-8-2-4-12-10(6-8)15(20,14(19)17-12)11-7-9(16)3-5-13(11)18/h2-7,18,20H,1H3,(H,17,19). The Morgan fingerprint density at radius 2 is 1.90 bits per heavy atom. The van der Waals surface area contributed by atoms with Crippen molar-refractivity contribution < 1.29 is 15.0 Å². The fourth-order valence-corrected chi connectivity index (χ4v) is 2.64. The summed E-state index contributed by atoms with van der Waals surface area (Å²) in [7, 11) is 0. The average Bonchev–Trinajstić information content (AvgIpc) is 2.66. The van der Waals surface area contributed by atoms with Gasteiger partial charge in [-0.3, -0.25) is 4.79 Å². The highest BCUT2D eigenvalue weighted by molar-refractivity contribution is 6.30. The molecule has 1 aliphatic rings. The second-order valence-corrected chi connectivity index (χ2v) is 5.31. The quantitative estimate of drug-likeness (QED) is 0.755. The first-order valence-electron chi connectivity index (χ1n) is 6.07. The van der Waals surface area contributed by atoms with Crippen LogP contribution < -0.4 is 5.32 Å². The number of halogens is 1. The lowest BCUT2D eigenvalue weighted by Gasteiger charge is -2.22. The minimum Gasteiger partial charge on any atom is -0.508 e. The Hall–Kier alpha value is -2.04. The van der Waals surface area contributed by atoms with Crippen LogP contribution in [0.3, 0.4) is 0 Å². The molecule has 3 N–H and O–H groups in total. The van der Waals surface area contributed by atoms with Crippen molar-refractivity contribution in [3.05, 3.63) is 58.1 Å². The summed E-state index contributed by atoms with van der Waals surface area (Å²) >= 11 is 5.91. The lowest BCUT2D eigenvalue weighted by molar-refractivity contribution is -0.129. The predicted molar refractivity (Wildman–Crippen MR) is 75.9 cm³/mol. The molecule has 0 saturated carbocycles. The summed E-state index contributed by atoms with van der Waals surface area (Å²) in [5.74, 6) is -0.780. The maximum atomic E-state index is 12.2. The molecule has 1 atom stereocenters. The van der Waals surface area contributed by atoms with Gasteiger partial charge in [-0.15, -0.1) is 0 Å². The fraction of sp³-hybridized carbons (Fsp3) is 0.133. The number of hydrogen-bond donors (Lipinski definition) is 3. The number of nitrogens with one attached hydrogen (secondary N) is 1. The molecule has 20 heavy (non-hydrogen) atoms. The van der Waals surface area contributed by atoms with E-state index >= 15 is 0 Å². The smallest absolute Gasteiger partial charge is 0.266 e. The van der Waals surface area contributed by atoms with Gasteiger partial charge in [0.25, 0.3) is 5.91 Å². The van der Waals surface area contributed by atoms with Gasteiger partial charge in [0.2, 0.25) is 0 Å². The van der Waals surface area contributed by atoms with E-state index in [0.29, 0.717) is 16.3 Å². The van der Waals surface area contributed by atoms with Gasteiger partial charge in [-0.2, -0.15) is 0 Å². The van der Waals surface area contributed by atoms with Gasteiger partial charge in [0.05, 0.1) is 0 Å². The van der Waals surface area contributed by atoms with Crippen LogP contribution in [0.25, 0.3) is 0 Å². The summed E-state index contributed by atoms with van der Waals surface area (Å²) in [5.41, 5.74) is -0.00865. The second kappa shape index (κ2) is 4.23. The molecule has 4 nitrogen and oxygen atoms in total.